The Morgan fingerprint density at radius 1 is 0.962 bits per heavy atom. The average Bonchev–Trinajstić information content (AvgIpc) is 2.53. The van der Waals surface area contributed by atoms with Gasteiger partial charge in [-0.15, -0.1) is 0 Å². The van der Waals surface area contributed by atoms with Gasteiger partial charge < -0.3 is 32.1 Å². The van der Waals surface area contributed by atoms with Crippen LogP contribution in [0.1, 0.15) is 20.8 Å². The minimum absolute atomic E-state index is 0.318. The monoisotopic (exact) mass is 391 g/mol. The quantitative estimate of drug-likeness (QED) is 0.223. The molecule has 0 aliphatic heterocycles. The number of rotatable bonds is 11. The van der Waals surface area contributed by atoms with E-state index in [1.165, 1.54) is 39.6 Å². The second kappa shape index (κ2) is 11.7. The number of aliphatic hydroxyl groups excluding tert-OH is 1. The molecule has 0 aliphatic carbocycles. The van der Waals surface area contributed by atoms with E-state index in [9.17, 15) is 24.3 Å². The van der Waals surface area contributed by atoms with Crippen LogP contribution in [0.4, 0.5) is 0 Å². The van der Waals surface area contributed by atoms with Gasteiger partial charge in [-0.3, -0.25) is 19.2 Å². The fourth-order valence-corrected chi connectivity index (χ4v) is 2.60. The number of carbonyl (C=O) groups excluding carboxylic acids is 4. The summed E-state index contributed by atoms with van der Waals surface area (Å²) in [6.45, 7) is 4.35. The summed E-state index contributed by atoms with van der Waals surface area (Å²) in [6.07, 6.45) is 0.825. The molecule has 10 nitrogen and oxygen atoms in total. The summed E-state index contributed by atoms with van der Waals surface area (Å²) < 4.78 is 0. The van der Waals surface area contributed by atoms with E-state index in [1.54, 1.807) is 6.26 Å². The zero-order valence-electron chi connectivity index (χ0n) is 15.7. The fourth-order valence-electron chi connectivity index (χ4n) is 2.02. The normalized spacial score (nSPS) is 16.5. The first-order chi connectivity index (χ1) is 12.0. The second-order valence-electron chi connectivity index (χ2n) is 5.89. The summed E-state index contributed by atoms with van der Waals surface area (Å²) in [6, 6.07) is -3.56. The van der Waals surface area contributed by atoms with Gasteiger partial charge in [-0.1, -0.05) is 0 Å². The Bertz CT molecular complexity index is 517. The maximum absolute atomic E-state index is 12.1. The molecule has 5 atom stereocenters. The van der Waals surface area contributed by atoms with Gasteiger partial charge in [0.05, 0.1) is 6.10 Å². The lowest BCUT2D eigenvalue weighted by Gasteiger charge is -2.23. The maximum atomic E-state index is 12.1. The number of nitrogens with two attached hydrogens (primary N) is 1. The molecular weight excluding hydrogens is 362 g/mol. The zero-order chi connectivity index (χ0) is 20.4. The van der Waals surface area contributed by atoms with Crippen LogP contribution in [0.5, 0.6) is 0 Å². The van der Waals surface area contributed by atoms with Gasteiger partial charge in [-0.2, -0.15) is 11.8 Å². The number of hydrogen-bond donors (Lipinski definition) is 6. The molecule has 0 radical (unpaired) electrons. The Morgan fingerprint density at radius 3 is 1.81 bits per heavy atom. The van der Waals surface area contributed by atoms with Crippen molar-refractivity contribution in [2.24, 2.45) is 5.73 Å². The number of thioether (sulfide) groups is 1. The predicted octanol–water partition coefficient (Wildman–Crippen LogP) is -2.70. The first-order valence-electron chi connectivity index (χ1n) is 8.09. The third kappa shape index (κ3) is 8.02. The Kier molecular flexibility index (Phi) is 10.9. The number of primary amides is 1. The highest BCUT2D eigenvalue weighted by Gasteiger charge is 2.27. The van der Waals surface area contributed by atoms with Gasteiger partial charge in [0.1, 0.15) is 24.2 Å². The highest BCUT2D eigenvalue weighted by Crippen LogP contribution is 1.98. The summed E-state index contributed by atoms with van der Waals surface area (Å²) in [4.78, 5) is 47.5. The molecule has 11 heteroatoms. The van der Waals surface area contributed by atoms with E-state index >= 15 is 0 Å². The highest BCUT2D eigenvalue weighted by atomic mass is 32.2. The van der Waals surface area contributed by atoms with E-state index in [0.717, 1.165) is 0 Å². The van der Waals surface area contributed by atoms with E-state index in [1.807, 2.05) is 0 Å². The van der Waals surface area contributed by atoms with Crippen molar-refractivity contribution in [1.82, 2.24) is 21.3 Å². The van der Waals surface area contributed by atoms with Crippen LogP contribution in [-0.4, -0.2) is 78.1 Å². The third-order valence-corrected chi connectivity index (χ3v) is 4.24. The summed E-state index contributed by atoms with van der Waals surface area (Å²) in [5.74, 6) is -2.04. The van der Waals surface area contributed by atoms with Crippen molar-refractivity contribution >= 4 is 35.4 Å². The average molecular weight is 391 g/mol. The molecule has 7 N–H and O–H groups in total. The molecule has 0 heterocycles. The molecule has 0 aromatic rings. The van der Waals surface area contributed by atoms with Crippen LogP contribution in [0, 0.1) is 0 Å². The summed E-state index contributed by atoms with van der Waals surface area (Å²) >= 11 is 1.35. The minimum atomic E-state index is -0.942. The number of likely N-dealkylation sites (N-methyl/N-ethyl adjacent to an activating group) is 1. The van der Waals surface area contributed by atoms with Crippen LogP contribution >= 0.6 is 11.8 Å². The highest BCUT2D eigenvalue weighted by molar-refractivity contribution is 7.98. The smallest absolute Gasteiger partial charge is 0.242 e. The lowest BCUT2D eigenvalue weighted by molar-refractivity contribution is -0.133. The molecule has 0 bridgehead atoms. The molecule has 0 spiro atoms. The first kappa shape index (κ1) is 24.1. The zero-order valence-corrected chi connectivity index (χ0v) is 16.5. The number of aliphatic hydroxyl groups is 1. The summed E-state index contributed by atoms with van der Waals surface area (Å²) in [7, 11) is 1.51. The molecule has 150 valence electrons. The van der Waals surface area contributed by atoms with Crippen molar-refractivity contribution in [3.8, 4) is 0 Å². The molecular formula is C15H29N5O5S. The maximum Gasteiger partial charge on any atom is 0.242 e. The number of amides is 4. The van der Waals surface area contributed by atoms with Crippen LogP contribution in [0.25, 0.3) is 0 Å². The van der Waals surface area contributed by atoms with Crippen molar-refractivity contribution in [1.29, 1.82) is 0 Å². The largest absolute Gasteiger partial charge is 0.391 e. The molecule has 0 unspecified atom stereocenters. The van der Waals surface area contributed by atoms with E-state index in [2.05, 4.69) is 21.3 Å². The van der Waals surface area contributed by atoms with Crippen LogP contribution in [-0.2, 0) is 19.2 Å². The van der Waals surface area contributed by atoms with Crippen molar-refractivity contribution in [3.05, 3.63) is 0 Å². The Hall–Kier alpha value is -1.85. The van der Waals surface area contributed by atoms with Gasteiger partial charge >= 0.3 is 0 Å². The molecule has 0 saturated heterocycles. The molecule has 0 aliphatic rings. The van der Waals surface area contributed by atoms with Gasteiger partial charge in [0.2, 0.25) is 23.6 Å². The number of carbonyl (C=O) groups is 4. The van der Waals surface area contributed by atoms with E-state index in [4.69, 9.17) is 5.73 Å². The van der Waals surface area contributed by atoms with Gasteiger partial charge in [-0.25, -0.2) is 0 Å². The van der Waals surface area contributed by atoms with Gasteiger partial charge in [0.25, 0.3) is 0 Å². The van der Waals surface area contributed by atoms with Gasteiger partial charge in [0, 0.05) is 5.75 Å². The van der Waals surface area contributed by atoms with E-state index in [0.29, 0.717) is 5.75 Å². The van der Waals surface area contributed by atoms with Crippen LogP contribution < -0.4 is 27.0 Å². The van der Waals surface area contributed by atoms with Crippen molar-refractivity contribution in [2.45, 2.75) is 51.0 Å². The van der Waals surface area contributed by atoms with Crippen molar-refractivity contribution in [2.75, 3.05) is 19.1 Å². The Balaban J connectivity index is 4.66. The molecule has 0 aromatic carbocycles. The molecule has 4 amide bonds. The Morgan fingerprint density at radius 2 is 1.42 bits per heavy atom. The second-order valence-corrected chi connectivity index (χ2v) is 6.80. The van der Waals surface area contributed by atoms with Crippen LogP contribution in [0.2, 0.25) is 0 Å². The van der Waals surface area contributed by atoms with E-state index in [-0.39, 0.29) is 0 Å². The van der Waals surface area contributed by atoms with Crippen LogP contribution in [0.15, 0.2) is 0 Å². The first-order valence-corrected chi connectivity index (χ1v) is 9.49. The SMILES string of the molecule is CN[C@H](C(=O)N[C@@H](C)C(=O)N[C@@H](C)C(=O)N[C@@H](CSC)C(N)=O)[C@@H](C)O. The topological polar surface area (TPSA) is 163 Å². The number of hydrogen-bond acceptors (Lipinski definition) is 7. The van der Waals surface area contributed by atoms with Crippen molar-refractivity contribution < 1.29 is 24.3 Å². The molecule has 0 saturated carbocycles. The fraction of sp³-hybridized carbons (Fsp3) is 0.733. The predicted molar refractivity (Wildman–Crippen MR) is 99.2 cm³/mol. The molecule has 26 heavy (non-hydrogen) atoms. The lowest BCUT2D eigenvalue weighted by atomic mass is 10.1. The van der Waals surface area contributed by atoms with E-state index < -0.39 is 53.9 Å². The summed E-state index contributed by atoms with van der Waals surface area (Å²) in [5.41, 5.74) is 5.21. The molecule has 0 fully saturated rings. The van der Waals surface area contributed by atoms with Crippen molar-refractivity contribution in [3.63, 3.8) is 0 Å². The third-order valence-electron chi connectivity index (χ3n) is 3.57. The Labute approximate surface area is 157 Å². The minimum Gasteiger partial charge on any atom is -0.391 e. The molecule has 0 aromatic heterocycles. The summed E-state index contributed by atoms with van der Waals surface area (Å²) in [5, 5.41) is 19.5. The number of nitrogens with one attached hydrogen (secondary N) is 4. The lowest BCUT2D eigenvalue weighted by Crippen LogP contribution is -2.57. The standard InChI is InChI=1S/C15H29N5O5S/c1-7(19-15(25)11(17-4)9(3)21)13(23)18-8(2)14(24)20-10(6-26-5)12(16)22/h7-11,17,21H,6H2,1-5H3,(H2,16,22)(H,18,23)(H,19,25)(H,20,24)/t7-,8-,9+,10-,11-/m0/s1. The van der Waals surface area contributed by atoms with Gasteiger partial charge in [0.15, 0.2) is 0 Å². The van der Waals surface area contributed by atoms with Gasteiger partial charge in [-0.05, 0) is 34.1 Å². The van der Waals surface area contributed by atoms with Crippen LogP contribution in [0.3, 0.4) is 0 Å². The molecule has 0 rings (SSSR count).